The molecule has 1 aliphatic heterocycles. The van der Waals surface area contributed by atoms with Crippen molar-refractivity contribution in [3.05, 3.63) is 48.3 Å². The maximum absolute atomic E-state index is 12.6. The lowest BCUT2D eigenvalue weighted by Gasteiger charge is -2.42. The van der Waals surface area contributed by atoms with Crippen LogP contribution in [0.4, 0.5) is 0 Å². The molecule has 5 nitrogen and oxygen atoms in total. The summed E-state index contributed by atoms with van der Waals surface area (Å²) < 4.78 is 1.85. The van der Waals surface area contributed by atoms with Crippen molar-refractivity contribution >= 4 is 5.91 Å². The second-order valence-electron chi connectivity index (χ2n) is 6.96. The summed E-state index contributed by atoms with van der Waals surface area (Å²) in [5.41, 5.74) is 2.02. The van der Waals surface area contributed by atoms with E-state index in [4.69, 9.17) is 0 Å². The molecule has 2 N–H and O–H groups in total. The number of fused-ring (bicyclic) bond motifs is 1. The average molecular weight is 324 g/mol. The second-order valence-corrected chi connectivity index (χ2v) is 6.96. The first kappa shape index (κ1) is 15.4. The minimum absolute atomic E-state index is 0.115. The van der Waals surface area contributed by atoms with Crippen LogP contribution in [0.25, 0.3) is 5.69 Å². The molecule has 5 heteroatoms. The topological polar surface area (TPSA) is 59.0 Å². The van der Waals surface area contributed by atoms with Gasteiger partial charge < -0.3 is 5.32 Å². The number of nitrogens with zero attached hydrogens (tertiary/aromatic N) is 2. The normalized spacial score (nSPS) is 29.8. The van der Waals surface area contributed by atoms with E-state index < -0.39 is 0 Å². The van der Waals surface area contributed by atoms with Crippen LogP contribution in [0.3, 0.4) is 0 Å². The van der Waals surface area contributed by atoms with Gasteiger partial charge in [-0.25, -0.2) is 4.68 Å². The SMILES string of the molecule is CCC1CCC2NC(c3cnn(-c4ccccc4)c3)NC(=O)C2C1. The van der Waals surface area contributed by atoms with Crippen LogP contribution in [-0.4, -0.2) is 21.7 Å². The molecule has 0 radical (unpaired) electrons. The first-order valence-corrected chi connectivity index (χ1v) is 8.91. The van der Waals surface area contributed by atoms with Crippen molar-refractivity contribution in [3.8, 4) is 5.69 Å². The number of hydrogen-bond donors (Lipinski definition) is 2. The summed E-state index contributed by atoms with van der Waals surface area (Å²) in [7, 11) is 0. The van der Waals surface area contributed by atoms with Crippen LogP contribution in [-0.2, 0) is 4.79 Å². The molecule has 2 aromatic rings. The minimum atomic E-state index is -0.144. The summed E-state index contributed by atoms with van der Waals surface area (Å²) in [6.07, 6.45) is 8.16. The Balaban J connectivity index is 1.50. The molecular weight excluding hydrogens is 300 g/mol. The molecule has 4 atom stereocenters. The molecule has 1 saturated carbocycles. The molecule has 1 aromatic carbocycles. The molecule has 0 bridgehead atoms. The Morgan fingerprint density at radius 2 is 2.08 bits per heavy atom. The van der Waals surface area contributed by atoms with E-state index in [1.165, 1.54) is 12.8 Å². The number of aromatic nitrogens is 2. The van der Waals surface area contributed by atoms with E-state index in [0.717, 1.165) is 24.1 Å². The van der Waals surface area contributed by atoms with Gasteiger partial charge in [0.1, 0.15) is 6.17 Å². The second kappa shape index (κ2) is 6.40. The van der Waals surface area contributed by atoms with E-state index in [-0.39, 0.29) is 24.0 Å². The summed E-state index contributed by atoms with van der Waals surface area (Å²) in [6, 6.07) is 10.3. The summed E-state index contributed by atoms with van der Waals surface area (Å²) in [5.74, 6) is 0.995. The predicted octanol–water partition coefficient (Wildman–Crippen LogP) is 2.79. The molecule has 2 aliphatic rings. The largest absolute Gasteiger partial charge is 0.336 e. The highest BCUT2D eigenvalue weighted by Crippen LogP contribution is 2.35. The highest BCUT2D eigenvalue weighted by Gasteiger charge is 2.40. The molecule has 24 heavy (non-hydrogen) atoms. The fraction of sp³-hybridized carbons (Fsp3) is 0.474. The summed E-state index contributed by atoms with van der Waals surface area (Å²) in [4.78, 5) is 12.6. The first-order valence-electron chi connectivity index (χ1n) is 8.91. The van der Waals surface area contributed by atoms with Gasteiger partial charge in [0, 0.05) is 17.8 Å². The van der Waals surface area contributed by atoms with E-state index in [9.17, 15) is 4.79 Å². The highest BCUT2D eigenvalue weighted by molar-refractivity contribution is 5.81. The lowest BCUT2D eigenvalue weighted by atomic mass is 9.75. The van der Waals surface area contributed by atoms with E-state index in [0.29, 0.717) is 5.92 Å². The molecule has 1 aromatic heterocycles. The van der Waals surface area contributed by atoms with Crippen LogP contribution >= 0.6 is 0 Å². The molecular formula is C19H24N4O. The Kier molecular flexibility index (Phi) is 4.10. The van der Waals surface area contributed by atoms with Crippen molar-refractivity contribution in [1.82, 2.24) is 20.4 Å². The monoisotopic (exact) mass is 324 g/mol. The molecule has 1 saturated heterocycles. The Morgan fingerprint density at radius 3 is 2.88 bits per heavy atom. The fourth-order valence-corrected chi connectivity index (χ4v) is 4.01. The lowest BCUT2D eigenvalue weighted by molar-refractivity contribution is -0.131. The van der Waals surface area contributed by atoms with Crippen LogP contribution in [0.5, 0.6) is 0 Å². The van der Waals surface area contributed by atoms with E-state index in [2.05, 4.69) is 22.7 Å². The number of carbonyl (C=O) groups excluding carboxylic acids is 1. The Bertz CT molecular complexity index is 711. The molecule has 2 heterocycles. The molecule has 2 fully saturated rings. The van der Waals surface area contributed by atoms with Gasteiger partial charge in [0.25, 0.3) is 0 Å². The molecule has 4 rings (SSSR count). The number of amides is 1. The van der Waals surface area contributed by atoms with Crippen molar-refractivity contribution < 1.29 is 4.79 Å². The molecule has 1 aliphatic carbocycles. The Morgan fingerprint density at radius 1 is 1.25 bits per heavy atom. The van der Waals surface area contributed by atoms with Crippen molar-refractivity contribution in [2.45, 2.75) is 44.8 Å². The molecule has 126 valence electrons. The third-order valence-corrected chi connectivity index (χ3v) is 5.50. The van der Waals surface area contributed by atoms with E-state index in [1.807, 2.05) is 47.4 Å². The van der Waals surface area contributed by atoms with E-state index >= 15 is 0 Å². The highest BCUT2D eigenvalue weighted by atomic mass is 16.2. The van der Waals surface area contributed by atoms with Crippen molar-refractivity contribution in [2.24, 2.45) is 11.8 Å². The van der Waals surface area contributed by atoms with Gasteiger partial charge in [0.05, 0.1) is 17.8 Å². The molecule has 1 amide bonds. The quantitative estimate of drug-likeness (QED) is 0.913. The number of para-hydroxylation sites is 1. The first-order chi connectivity index (χ1) is 11.7. The van der Waals surface area contributed by atoms with Gasteiger partial charge >= 0.3 is 0 Å². The number of benzene rings is 1. The van der Waals surface area contributed by atoms with E-state index in [1.54, 1.807) is 0 Å². The van der Waals surface area contributed by atoms with Crippen LogP contribution < -0.4 is 10.6 Å². The molecule has 4 unspecified atom stereocenters. The Hall–Kier alpha value is -2.14. The zero-order chi connectivity index (χ0) is 16.5. The van der Waals surface area contributed by atoms with Gasteiger partial charge in [-0.1, -0.05) is 31.5 Å². The fourth-order valence-electron chi connectivity index (χ4n) is 4.01. The van der Waals surface area contributed by atoms with Gasteiger partial charge in [-0.05, 0) is 37.3 Å². The lowest BCUT2D eigenvalue weighted by Crippen LogP contribution is -2.58. The van der Waals surface area contributed by atoms with Crippen LogP contribution in [0.15, 0.2) is 42.7 Å². The third-order valence-electron chi connectivity index (χ3n) is 5.50. The van der Waals surface area contributed by atoms with Crippen LogP contribution in [0.2, 0.25) is 0 Å². The number of nitrogens with one attached hydrogen (secondary N) is 2. The van der Waals surface area contributed by atoms with Gasteiger partial charge in [-0.3, -0.25) is 10.1 Å². The minimum Gasteiger partial charge on any atom is -0.336 e. The predicted molar refractivity (Wildman–Crippen MR) is 92.5 cm³/mol. The summed E-state index contributed by atoms with van der Waals surface area (Å²) in [5, 5.41) is 11.2. The number of hydrogen-bond acceptors (Lipinski definition) is 3. The van der Waals surface area contributed by atoms with Gasteiger partial charge in [-0.2, -0.15) is 5.10 Å². The summed E-state index contributed by atoms with van der Waals surface area (Å²) >= 11 is 0. The summed E-state index contributed by atoms with van der Waals surface area (Å²) in [6.45, 7) is 2.22. The standard InChI is InChI=1S/C19H24N4O/c1-2-13-8-9-17-16(10-13)19(24)22-18(21-17)14-11-20-23(12-14)15-6-4-3-5-7-15/h3-7,11-13,16-18,21H,2,8-10H2,1H3,(H,22,24). The van der Waals surface area contributed by atoms with Crippen molar-refractivity contribution in [3.63, 3.8) is 0 Å². The third kappa shape index (κ3) is 2.84. The van der Waals surface area contributed by atoms with Gasteiger partial charge in [-0.15, -0.1) is 0 Å². The smallest absolute Gasteiger partial charge is 0.226 e. The van der Waals surface area contributed by atoms with Gasteiger partial charge in [0.2, 0.25) is 5.91 Å². The number of carbonyl (C=O) groups is 1. The number of rotatable bonds is 3. The maximum atomic E-state index is 12.6. The van der Waals surface area contributed by atoms with Crippen LogP contribution in [0, 0.1) is 11.8 Å². The van der Waals surface area contributed by atoms with Crippen molar-refractivity contribution in [1.29, 1.82) is 0 Å². The maximum Gasteiger partial charge on any atom is 0.226 e. The van der Waals surface area contributed by atoms with Crippen LogP contribution in [0.1, 0.15) is 44.3 Å². The zero-order valence-corrected chi connectivity index (χ0v) is 14.0. The molecule has 0 spiro atoms. The average Bonchev–Trinajstić information content (AvgIpc) is 3.12. The van der Waals surface area contributed by atoms with Crippen molar-refractivity contribution in [2.75, 3.05) is 0 Å². The van der Waals surface area contributed by atoms with Gasteiger partial charge in [0.15, 0.2) is 0 Å². The Labute approximate surface area is 142 Å². The zero-order valence-electron chi connectivity index (χ0n) is 14.0.